The molecule has 4 aromatic rings. The molecule has 0 saturated carbocycles. The third-order valence-electron chi connectivity index (χ3n) is 3.53. The highest BCUT2D eigenvalue weighted by atomic mass is 16.5. The number of pyridine rings is 2. The minimum absolute atomic E-state index is 0.169. The third kappa shape index (κ3) is 3.09. The Bertz CT molecular complexity index is 1090. The van der Waals surface area contributed by atoms with Gasteiger partial charge in [0.2, 0.25) is 11.6 Å². The molecule has 0 aromatic carbocycles. The second kappa shape index (κ2) is 6.16. The first-order valence-corrected chi connectivity index (χ1v) is 7.52. The van der Waals surface area contributed by atoms with Gasteiger partial charge in [-0.15, -0.1) is 0 Å². The van der Waals surface area contributed by atoms with Crippen LogP contribution in [0.25, 0.3) is 22.7 Å². The van der Waals surface area contributed by atoms with Gasteiger partial charge < -0.3 is 9.15 Å². The van der Waals surface area contributed by atoms with Crippen LogP contribution in [0, 0.1) is 0 Å². The van der Waals surface area contributed by atoms with Gasteiger partial charge in [-0.25, -0.2) is 14.6 Å². The SMILES string of the molecule is Cn1nc(COc2cnc3oc(-c4cccnc4)nc3c2)ccc1=O. The molecule has 0 radical (unpaired) electrons. The monoisotopic (exact) mass is 335 g/mol. The number of fused-ring (bicyclic) bond motifs is 1. The molecule has 8 nitrogen and oxygen atoms in total. The van der Waals surface area contributed by atoms with Crippen molar-refractivity contribution in [3.05, 3.63) is 65.0 Å². The summed E-state index contributed by atoms with van der Waals surface area (Å²) in [4.78, 5) is 24.0. The Labute approximate surface area is 141 Å². The summed E-state index contributed by atoms with van der Waals surface area (Å²) < 4.78 is 12.6. The number of oxazole rings is 1. The maximum absolute atomic E-state index is 11.3. The second-order valence-electron chi connectivity index (χ2n) is 5.33. The van der Waals surface area contributed by atoms with E-state index in [2.05, 4.69) is 20.1 Å². The molecule has 0 atom stereocenters. The molecule has 0 saturated heterocycles. The van der Waals surface area contributed by atoms with E-state index in [1.165, 1.54) is 10.7 Å². The number of nitrogens with zero attached hydrogens (tertiary/aromatic N) is 5. The summed E-state index contributed by atoms with van der Waals surface area (Å²) in [5.74, 6) is 0.988. The minimum Gasteiger partial charge on any atom is -0.486 e. The molecule has 0 bridgehead atoms. The lowest BCUT2D eigenvalue weighted by Crippen LogP contribution is -2.19. The Morgan fingerprint density at radius 2 is 2.16 bits per heavy atom. The van der Waals surface area contributed by atoms with E-state index in [0.717, 1.165) is 5.56 Å². The highest BCUT2D eigenvalue weighted by Crippen LogP contribution is 2.24. The van der Waals surface area contributed by atoms with E-state index in [1.54, 1.807) is 37.8 Å². The maximum Gasteiger partial charge on any atom is 0.266 e. The Balaban J connectivity index is 1.56. The van der Waals surface area contributed by atoms with Crippen LogP contribution in [0.1, 0.15) is 5.69 Å². The zero-order chi connectivity index (χ0) is 17.2. The van der Waals surface area contributed by atoms with E-state index in [9.17, 15) is 4.79 Å². The van der Waals surface area contributed by atoms with Gasteiger partial charge in [-0.3, -0.25) is 9.78 Å². The van der Waals surface area contributed by atoms with E-state index >= 15 is 0 Å². The molecule has 0 spiro atoms. The Morgan fingerprint density at radius 3 is 2.96 bits per heavy atom. The summed E-state index contributed by atoms with van der Waals surface area (Å²) >= 11 is 0. The highest BCUT2D eigenvalue weighted by molar-refractivity contribution is 5.73. The van der Waals surface area contributed by atoms with E-state index < -0.39 is 0 Å². The minimum atomic E-state index is -0.169. The third-order valence-corrected chi connectivity index (χ3v) is 3.53. The zero-order valence-electron chi connectivity index (χ0n) is 13.3. The van der Waals surface area contributed by atoms with Gasteiger partial charge in [-0.2, -0.15) is 5.10 Å². The van der Waals surface area contributed by atoms with Gasteiger partial charge in [0.1, 0.15) is 17.9 Å². The molecule has 0 aliphatic carbocycles. The fourth-order valence-corrected chi connectivity index (χ4v) is 2.28. The molecular weight excluding hydrogens is 322 g/mol. The van der Waals surface area contributed by atoms with Gasteiger partial charge in [-0.05, 0) is 18.2 Å². The number of hydrogen-bond acceptors (Lipinski definition) is 7. The lowest BCUT2D eigenvalue weighted by Gasteiger charge is -2.05. The van der Waals surface area contributed by atoms with Crippen LogP contribution < -0.4 is 10.3 Å². The molecule has 25 heavy (non-hydrogen) atoms. The Morgan fingerprint density at radius 1 is 1.24 bits per heavy atom. The van der Waals surface area contributed by atoms with Crippen molar-refractivity contribution in [2.75, 3.05) is 0 Å². The van der Waals surface area contributed by atoms with Crippen molar-refractivity contribution in [3.63, 3.8) is 0 Å². The van der Waals surface area contributed by atoms with Crippen molar-refractivity contribution in [2.24, 2.45) is 7.05 Å². The van der Waals surface area contributed by atoms with Crippen molar-refractivity contribution in [1.29, 1.82) is 0 Å². The molecule has 0 unspecified atom stereocenters. The van der Waals surface area contributed by atoms with Crippen LogP contribution in [0.5, 0.6) is 5.75 Å². The lowest BCUT2D eigenvalue weighted by molar-refractivity contribution is 0.297. The fourth-order valence-electron chi connectivity index (χ4n) is 2.28. The van der Waals surface area contributed by atoms with Crippen LogP contribution in [0.4, 0.5) is 0 Å². The molecule has 8 heteroatoms. The Hall–Kier alpha value is -3.55. The molecule has 4 heterocycles. The van der Waals surface area contributed by atoms with Crippen LogP contribution in [-0.4, -0.2) is 24.7 Å². The van der Waals surface area contributed by atoms with Crippen LogP contribution in [-0.2, 0) is 13.7 Å². The van der Waals surface area contributed by atoms with Crippen molar-refractivity contribution in [1.82, 2.24) is 24.7 Å². The fraction of sp³-hybridized carbons (Fsp3) is 0.118. The van der Waals surface area contributed by atoms with E-state index in [1.807, 2.05) is 12.1 Å². The quantitative estimate of drug-likeness (QED) is 0.562. The largest absolute Gasteiger partial charge is 0.486 e. The summed E-state index contributed by atoms with van der Waals surface area (Å²) in [6.07, 6.45) is 4.92. The smallest absolute Gasteiger partial charge is 0.266 e. The predicted molar refractivity (Wildman–Crippen MR) is 88.8 cm³/mol. The van der Waals surface area contributed by atoms with Gasteiger partial charge in [0.25, 0.3) is 5.56 Å². The number of ether oxygens (including phenoxy) is 1. The summed E-state index contributed by atoms with van der Waals surface area (Å²) in [7, 11) is 1.59. The molecule has 4 aromatic heterocycles. The number of hydrogen-bond donors (Lipinski definition) is 0. The van der Waals surface area contributed by atoms with Crippen molar-refractivity contribution in [3.8, 4) is 17.2 Å². The standard InChI is InChI=1S/C17H13N5O3/c1-22-15(23)5-4-12(21-22)10-24-13-7-14-17(19-9-13)25-16(20-14)11-3-2-6-18-8-11/h2-9H,10H2,1H3. The van der Waals surface area contributed by atoms with Crippen LogP contribution in [0.15, 0.2) is 58.1 Å². The normalized spacial score (nSPS) is 10.9. The average Bonchev–Trinajstić information content (AvgIpc) is 3.07. The number of aromatic nitrogens is 5. The van der Waals surface area contributed by atoms with Crippen molar-refractivity contribution in [2.45, 2.75) is 6.61 Å². The molecule has 124 valence electrons. The van der Waals surface area contributed by atoms with Crippen molar-refractivity contribution >= 4 is 11.2 Å². The average molecular weight is 335 g/mol. The summed E-state index contributed by atoms with van der Waals surface area (Å²) in [5, 5.41) is 4.11. The van der Waals surface area contributed by atoms with Gasteiger partial charge >= 0.3 is 0 Å². The van der Waals surface area contributed by atoms with E-state index in [4.69, 9.17) is 9.15 Å². The molecule has 0 fully saturated rings. The first kappa shape index (κ1) is 15.0. The predicted octanol–water partition coefficient (Wildman–Crippen LogP) is 1.96. The highest BCUT2D eigenvalue weighted by Gasteiger charge is 2.10. The van der Waals surface area contributed by atoms with Gasteiger partial charge in [0, 0.05) is 31.6 Å². The summed E-state index contributed by atoms with van der Waals surface area (Å²) in [6, 6.07) is 8.50. The maximum atomic E-state index is 11.3. The molecule has 0 aliphatic heterocycles. The number of aryl methyl sites for hydroxylation is 1. The topological polar surface area (TPSA) is 95.9 Å². The molecule has 0 aliphatic rings. The van der Waals surface area contributed by atoms with Crippen LogP contribution >= 0.6 is 0 Å². The van der Waals surface area contributed by atoms with Gasteiger partial charge in [0.15, 0.2) is 0 Å². The van der Waals surface area contributed by atoms with E-state index in [-0.39, 0.29) is 12.2 Å². The lowest BCUT2D eigenvalue weighted by atomic mass is 10.3. The first-order chi connectivity index (χ1) is 12.2. The summed E-state index contributed by atoms with van der Waals surface area (Å²) in [5.41, 5.74) is 2.25. The van der Waals surface area contributed by atoms with Gasteiger partial charge in [0.05, 0.1) is 17.5 Å². The molecular formula is C17H13N5O3. The zero-order valence-corrected chi connectivity index (χ0v) is 13.3. The van der Waals surface area contributed by atoms with Gasteiger partial charge in [-0.1, -0.05) is 0 Å². The van der Waals surface area contributed by atoms with Crippen LogP contribution in [0.3, 0.4) is 0 Å². The number of rotatable bonds is 4. The first-order valence-electron chi connectivity index (χ1n) is 7.52. The van der Waals surface area contributed by atoms with E-state index in [0.29, 0.717) is 28.6 Å². The Kier molecular flexibility index (Phi) is 3.70. The van der Waals surface area contributed by atoms with Crippen LogP contribution in [0.2, 0.25) is 0 Å². The molecule has 4 rings (SSSR count). The second-order valence-corrected chi connectivity index (χ2v) is 5.33. The molecule has 0 amide bonds. The molecule has 0 N–H and O–H groups in total. The van der Waals surface area contributed by atoms with Crippen molar-refractivity contribution < 1.29 is 9.15 Å². The summed E-state index contributed by atoms with van der Waals surface area (Å²) in [6.45, 7) is 0.217.